The summed E-state index contributed by atoms with van der Waals surface area (Å²) < 4.78 is 5.03. The molecule has 24 heavy (non-hydrogen) atoms. The molecule has 0 spiro atoms. The lowest BCUT2D eigenvalue weighted by atomic mass is 10.1. The Morgan fingerprint density at radius 1 is 1.29 bits per heavy atom. The highest BCUT2D eigenvalue weighted by Gasteiger charge is 2.19. The summed E-state index contributed by atoms with van der Waals surface area (Å²) in [6.45, 7) is 1.86. The van der Waals surface area contributed by atoms with E-state index in [-0.39, 0.29) is 11.7 Å². The zero-order chi connectivity index (χ0) is 16.9. The monoisotopic (exact) mass is 325 g/mol. The number of benzene rings is 2. The first-order valence-electron chi connectivity index (χ1n) is 7.64. The molecule has 1 aliphatic rings. The number of methoxy groups -OCH3 is 1. The number of amides is 1. The predicted molar refractivity (Wildman–Crippen MR) is 91.0 cm³/mol. The Bertz CT molecular complexity index is 749. The molecule has 0 aromatic heterocycles. The zero-order valence-electron chi connectivity index (χ0n) is 13.4. The van der Waals surface area contributed by atoms with Gasteiger partial charge >= 0.3 is 0 Å². The number of nitrogens with zero attached hydrogens (tertiary/aromatic N) is 2. The molecule has 3 rings (SSSR count). The van der Waals surface area contributed by atoms with E-state index in [1.54, 1.807) is 12.1 Å². The van der Waals surface area contributed by atoms with Crippen LogP contribution in [0.15, 0.2) is 47.6 Å². The van der Waals surface area contributed by atoms with Crippen molar-refractivity contribution < 1.29 is 14.6 Å². The van der Waals surface area contributed by atoms with E-state index in [9.17, 15) is 9.90 Å². The number of phenols is 1. The van der Waals surface area contributed by atoms with Crippen molar-refractivity contribution >= 4 is 12.1 Å². The standard InChI is InChI=1S/C18H19N3O3/c1-24-17-8-13(6-7-16(17)22)9-19-20-18(23)12-21-10-14-4-2-3-5-15(14)11-21/h2-9,22H,10-12H2,1H3,(H,20,23)/b19-9-. The summed E-state index contributed by atoms with van der Waals surface area (Å²) in [4.78, 5) is 14.1. The Kier molecular flexibility index (Phi) is 4.77. The van der Waals surface area contributed by atoms with Crippen molar-refractivity contribution in [3.63, 3.8) is 0 Å². The fourth-order valence-corrected chi connectivity index (χ4v) is 2.71. The molecular weight excluding hydrogens is 306 g/mol. The van der Waals surface area contributed by atoms with Crippen LogP contribution in [0.2, 0.25) is 0 Å². The maximum Gasteiger partial charge on any atom is 0.254 e. The van der Waals surface area contributed by atoms with Gasteiger partial charge in [-0.2, -0.15) is 5.10 Å². The van der Waals surface area contributed by atoms with E-state index in [2.05, 4.69) is 27.6 Å². The number of phenolic OH excluding ortho intramolecular Hbond substituents is 1. The molecule has 2 N–H and O–H groups in total. The number of rotatable bonds is 5. The van der Waals surface area contributed by atoms with Crippen LogP contribution in [0.5, 0.6) is 11.5 Å². The van der Waals surface area contributed by atoms with Gasteiger partial charge in [0.05, 0.1) is 19.9 Å². The number of fused-ring (bicyclic) bond motifs is 1. The van der Waals surface area contributed by atoms with Crippen LogP contribution in [-0.2, 0) is 17.9 Å². The summed E-state index contributed by atoms with van der Waals surface area (Å²) in [5, 5.41) is 13.5. The van der Waals surface area contributed by atoms with Crippen molar-refractivity contribution in [3.8, 4) is 11.5 Å². The van der Waals surface area contributed by atoms with Crippen LogP contribution in [0, 0.1) is 0 Å². The lowest BCUT2D eigenvalue weighted by Gasteiger charge is -2.12. The highest BCUT2D eigenvalue weighted by Crippen LogP contribution is 2.25. The molecule has 1 heterocycles. The van der Waals surface area contributed by atoms with E-state index in [0.717, 1.165) is 18.7 Å². The van der Waals surface area contributed by atoms with Crippen molar-refractivity contribution in [2.45, 2.75) is 13.1 Å². The number of hydrogen-bond acceptors (Lipinski definition) is 5. The topological polar surface area (TPSA) is 74.2 Å². The van der Waals surface area contributed by atoms with E-state index in [4.69, 9.17) is 4.74 Å². The van der Waals surface area contributed by atoms with E-state index >= 15 is 0 Å². The number of nitrogens with one attached hydrogen (secondary N) is 1. The van der Waals surface area contributed by atoms with Gasteiger partial charge in [-0.05, 0) is 34.9 Å². The van der Waals surface area contributed by atoms with Gasteiger partial charge in [0.1, 0.15) is 0 Å². The molecule has 0 saturated carbocycles. The van der Waals surface area contributed by atoms with Gasteiger partial charge in [0.25, 0.3) is 5.91 Å². The van der Waals surface area contributed by atoms with Gasteiger partial charge in [0, 0.05) is 13.1 Å². The van der Waals surface area contributed by atoms with Crippen molar-refractivity contribution in [3.05, 3.63) is 59.2 Å². The Morgan fingerprint density at radius 3 is 2.67 bits per heavy atom. The summed E-state index contributed by atoms with van der Waals surface area (Å²) in [7, 11) is 1.48. The minimum Gasteiger partial charge on any atom is -0.504 e. The number of ether oxygens (including phenoxy) is 1. The second-order valence-corrected chi connectivity index (χ2v) is 5.64. The van der Waals surface area contributed by atoms with Crippen LogP contribution in [0.3, 0.4) is 0 Å². The third kappa shape index (κ3) is 3.72. The number of hydrazone groups is 1. The van der Waals surface area contributed by atoms with Crippen LogP contribution >= 0.6 is 0 Å². The van der Waals surface area contributed by atoms with Gasteiger partial charge in [-0.1, -0.05) is 24.3 Å². The third-order valence-corrected chi connectivity index (χ3v) is 3.88. The molecule has 0 aliphatic carbocycles. The zero-order valence-corrected chi connectivity index (χ0v) is 13.4. The van der Waals surface area contributed by atoms with E-state index < -0.39 is 0 Å². The lowest BCUT2D eigenvalue weighted by molar-refractivity contribution is -0.122. The fraction of sp³-hybridized carbons (Fsp3) is 0.222. The van der Waals surface area contributed by atoms with Gasteiger partial charge in [0.15, 0.2) is 11.5 Å². The van der Waals surface area contributed by atoms with Gasteiger partial charge in [0.2, 0.25) is 0 Å². The maximum atomic E-state index is 12.0. The molecule has 0 radical (unpaired) electrons. The molecule has 1 aliphatic heterocycles. The second kappa shape index (κ2) is 7.14. The molecule has 0 atom stereocenters. The molecule has 2 aromatic carbocycles. The molecule has 6 nitrogen and oxygen atoms in total. The van der Waals surface area contributed by atoms with Crippen LogP contribution in [0.25, 0.3) is 0 Å². The largest absolute Gasteiger partial charge is 0.504 e. The van der Waals surface area contributed by atoms with Gasteiger partial charge in [-0.25, -0.2) is 5.43 Å². The van der Waals surface area contributed by atoms with Crippen LogP contribution in [0.4, 0.5) is 0 Å². The van der Waals surface area contributed by atoms with Crippen LogP contribution in [0.1, 0.15) is 16.7 Å². The van der Waals surface area contributed by atoms with E-state index in [1.807, 2.05) is 12.1 Å². The van der Waals surface area contributed by atoms with Crippen LogP contribution < -0.4 is 10.2 Å². The highest BCUT2D eigenvalue weighted by atomic mass is 16.5. The molecule has 0 saturated heterocycles. The minimum atomic E-state index is -0.162. The average Bonchev–Trinajstić information content (AvgIpc) is 2.98. The molecule has 0 fully saturated rings. The molecule has 6 heteroatoms. The molecule has 2 aromatic rings. The average molecular weight is 325 g/mol. The number of aromatic hydroxyl groups is 1. The number of carbonyl (C=O) groups excluding carboxylic acids is 1. The lowest BCUT2D eigenvalue weighted by Crippen LogP contribution is -2.32. The third-order valence-electron chi connectivity index (χ3n) is 3.88. The van der Waals surface area contributed by atoms with E-state index in [1.165, 1.54) is 30.5 Å². The molecular formula is C18H19N3O3. The van der Waals surface area contributed by atoms with Gasteiger partial charge < -0.3 is 9.84 Å². The SMILES string of the molecule is COc1cc(/C=N\NC(=O)CN2Cc3ccccc3C2)ccc1O. The Hall–Kier alpha value is -2.86. The van der Waals surface area contributed by atoms with Crippen molar-refractivity contribution in [2.24, 2.45) is 5.10 Å². The first kappa shape index (κ1) is 16.0. The second-order valence-electron chi connectivity index (χ2n) is 5.64. The van der Waals surface area contributed by atoms with Crippen molar-refractivity contribution in [1.82, 2.24) is 10.3 Å². The molecule has 0 unspecified atom stereocenters. The Balaban J connectivity index is 1.51. The molecule has 124 valence electrons. The summed E-state index contributed by atoms with van der Waals surface area (Å²) in [5.41, 5.74) is 5.78. The van der Waals surface area contributed by atoms with Crippen LogP contribution in [-0.4, -0.2) is 35.8 Å². The summed E-state index contributed by atoms with van der Waals surface area (Å²) in [6.07, 6.45) is 1.51. The smallest absolute Gasteiger partial charge is 0.254 e. The first-order valence-corrected chi connectivity index (χ1v) is 7.64. The Morgan fingerprint density at radius 2 is 2.00 bits per heavy atom. The Labute approximate surface area is 140 Å². The quantitative estimate of drug-likeness (QED) is 0.650. The fourth-order valence-electron chi connectivity index (χ4n) is 2.71. The number of carbonyl (C=O) groups is 1. The molecule has 1 amide bonds. The van der Waals surface area contributed by atoms with Crippen molar-refractivity contribution in [1.29, 1.82) is 0 Å². The normalized spacial score (nSPS) is 13.9. The summed E-state index contributed by atoms with van der Waals surface area (Å²) in [5.74, 6) is 0.261. The predicted octanol–water partition coefficient (Wildman–Crippen LogP) is 1.87. The van der Waals surface area contributed by atoms with Gasteiger partial charge in [-0.15, -0.1) is 0 Å². The maximum absolute atomic E-state index is 12.0. The van der Waals surface area contributed by atoms with E-state index in [0.29, 0.717) is 12.3 Å². The van der Waals surface area contributed by atoms with Gasteiger partial charge in [-0.3, -0.25) is 9.69 Å². The first-order chi connectivity index (χ1) is 11.7. The highest BCUT2D eigenvalue weighted by molar-refractivity contribution is 5.83. The number of hydrogen-bond donors (Lipinski definition) is 2. The summed E-state index contributed by atoms with van der Waals surface area (Å²) in [6, 6.07) is 13.0. The molecule has 0 bridgehead atoms. The summed E-state index contributed by atoms with van der Waals surface area (Å²) >= 11 is 0. The minimum absolute atomic E-state index is 0.0623. The van der Waals surface area contributed by atoms with Crippen molar-refractivity contribution in [2.75, 3.05) is 13.7 Å².